The van der Waals surface area contributed by atoms with Gasteiger partial charge in [-0.15, -0.1) is 0 Å². The molecule has 0 bridgehead atoms. The predicted molar refractivity (Wildman–Crippen MR) is 227 cm³/mol. The number of hydrogen-bond donors (Lipinski definition) is 3. The maximum Gasteiger partial charge on any atom is 0.324 e. The largest absolute Gasteiger partial charge is 0.492 e. The van der Waals surface area contributed by atoms with Crippen LogP contribution in [-0.4, -0.2) is 83.5 Å². The molecule has 14 heteroatoms. The van der Waals surface area contributed by atoms with Gasteiger partial charge in [0, 0.05) is 72.1 Å². The zero-order valence-corrected chi connectivity index (χ0v) is 33.9. The SMILES string of the molecule is CC(C)(C)c1cc(NC(=O)Nc2ccc(Oc3ccnc(Nc4cccc(OCCN5CCOCC5)c4)n3)c3ccccc23)n(-c2cccc(CP(C)(C)=O)c2)n1. The van der Waals surface area contributed by atoms with Crippen molar-refractivity contribution in [3.63, 3.8) is 0 Å². The smallest absolute Gasteiger partial charge is 0.324 e. The first-order valence-corrected chi connectivity index (χ1v) is 21.8. The van der Waals surface area contributed by atoms with Crippen molar-refractivity contribution in [3.05, 3.63) is 115 Å². The van der Waals surface area contributed by atoms with Crippen LogP contribution in [0.2, 0.25) is 0 Å². The molecular weight excluding hydrogens is 739 g/mol. The van der Waals surface area contributed by atoms with E-state index in [4.69, 9.17) is 19.3 Å². The number of amides is 2. The Balaban J connectivity index is 1.04. The number of nitrogens with zero attached hydrogens (tertiary/aromatic N) is 5. The fraction of sp³-hybridized carbons (Fsp3) is 0.302. The minimum atomic E-state index is -2.30. The second-order valence-corrected chi connectivity index (χ2v) is 19.0. The van der Waals surface area contributed by atoms with Gasteiger partial charge in [-0.05, 0) is 55.3 Å². The van der Waals surface area contributed by atoms with E-state index >= 15 is 0 Å². The second kappa shape index (κ2) is 17.2. The van der Waals surface area contributed by atoms with Crippen LogP contribution in [-0.2, 0) is 20.9 Å². The maximum atomic E-state index is 13.7. The Morgan fingerprint density at radius 2 is 1.68 bits per heavy atom. The minimum Gasteiger partial charge on any atom is -0.492 e. The van der Waals surface area contributed by atoms with Crippen LogP contribution < -0.4 is 25.4 Å². The highest BCUT2D eigenvalue weighted by molar-refractivity contribution is 7.61. The third kappa shape index (κ3) is 10.6. The lowest BCUT2D eigenvalue weighted by Gasteiger charge is -2.26. The number of nitrogens with one attached hydrogen (secondary N) is 3. The van der Waals surface area contributed by atoms with Crippen LogP contribution in [0.3, 0.4) is 0 Å². The highest BCUT2D eigenvalue weighted by Crippen LogP contribution is 2.41. The van der Waals surface area contributed by atoms with Crippen molar-refractivity contribution in [2.75, 3.05) is 68.7 Å². The molecule has 7 rings (SSSR count). The number of hydrogen-bond acceptors (Lipinski definition) is 10. The number of carbonyl (C=O) groups is 1. The van der Waals surface area contributed by atoms with Gasteiger partial charge < -0.3 is 29.4 Å². The highest BCUT2D eigenvalue weighted by Gasteiger charge is 2.23. The van der Waals surface area contributed by atoms with E-state index in [0.717, 1.165) is 72.0 Å². The predicted octanol–water partition coefficient (Wildman–Crippen LogP) is 9.13. The number of carbonyl (C=O) groups excluding carboxylic acids is 1. The van der Waals surface area contributed by atoms with Gasteiger partial charge in [0.2, 0.25) is 11.8 Å². The summed E-state index contributed by atoms with van der Waals surface area (Å²) in [6.45, 7) is 14.6. The van der Waals surface area contributed by atoms with Crippen molar-refractivity contribution in [3.8, 4) is 23.1 Å². The molecule has 1 saturated heterocycles. The van der Waals surface area contributed by atoms with Gasteiger partial charge in [0.25, 0.3) is 0 Å². The fourth-order valence-electron chi connectivity index (χ4n) is 6.48. The van der Waals surface area contributed by atoms with Crippen LogP contribution in [0.4, 0.5) is 27.9 Å². The average Bonchev–Trinajstić information content (AvgIpc) is 3.60. The van der Waals surface area contributed by atoms with Gasteiger partial charge in [-0.1, -0.05) is 63.2 Å². The quantitative estimate of drug-likeness (QED) is 0.0970. The molecule has 4 aromatic carbocycles. The Hall–Kier alpha value is -5.75. The van der Waals surface area contributed by atoms with Crippen molar-refractivity contribution in [2.24, 2.45) is 0 Å². The zero-order chi connectivity index (χ0) is 40.0. The van der Waals surface area contributed by atoms with Gasteiger partial charge in [0.05, 0.1) is 37.4 Å². The molecule has 0 spiro atoms. The van der Waals surface area contributed by atoms with E-state index in [9.17, 15) is 9.36 Å². The molecule has 1 fully saturated rings. The summed E-state index contributed by atoms with van der Waals surface area (Å²) in [5.74, 6) is 2.54. The lowest BCUT2D eigenvalue weighted by Crippen LogP contribution is -2.38. The summed E-state index contributed by atoms with van der Waals surface area (Å²) < 4.78 is 32.1. The van der Waals surface area contributed by atoms with Crippen LogP contribution in [0.1, 0.15) is 32.0 Å². The van der Waals surface area contributed by atoms with Gasteiger partial charge in [-0.2, -0.15) is 10.1 Å². The van der Waals surface area contributed by atoms with E-state index in [1.165, 1.54) is 0 Å². The Morgan fingerprint density at radius 3 is 2.47 bits per heavy atom. The first-order valence-electron chi connectivity index (χ1n) is 19.0. The number of benzene rings is 4. The molecule has 0 atom stereocenters. The van der Waals surface area contributed by atoms with E-state index in [2.05, 4.69) is 51.6 Å². The summed E-state index contributed by atoms with van der Waals surface area (Å²) in [6.07, 6.45) is 2.11. The van der Waals surface area contributed by atoms with Crippen molar-refractivity contribution in [1.82, 2.24) is 24.6 Å². The lowest BCUT2D eigenvalue weighted by molar-refractivity contribution is 0.0322. The van der Waals surface area contributed by atoms with Gasteiger partial charge in [0.15, 0.2) is 0 Å². The summed E-state index contributed by atoms with van der Waals surface area (Å²) in [5, 5.41) is 15.7. The molecule has 1 aliphatic heterocycles. The highest BCUT2D eigenvalue weighted by atomic mass is 31.2. The molecule has 3 heterocycles. The third-order valence-electron chi connectivity index (χ3n) is 9.28. The number of aromatic nitrogens is 4. The molecule has 0 saturated carbocycles. The van der Waals surface area contributed by atoms with Gasteiger partial charge >= 0.3 is 6.03 Å². The number of morpholine rings is 1. The normalized spacial score (nSPS) is 13.6. The van der Waals surface area contributed by atoms with Gasteiger partial charge in [-0.25, -0.2) is 14.5 Å². The molecule has 13 nitrogen and oxygen atoms in total. The number of rotatable bonds is 13. The van der Waals surface area contributed by atoms with E-state index in [-0.39, 0.29) is 5.41 Å². The zero-order valence-electron chi connectivity index (χ0n) is 33.0. The van der Waals surface area contributed by atoms with Crippen LogP contribution in [0.15, 0.2) is 103 Å². The summed E-state index contributed by atoms with van der Waals surface area (Å²) in [7, 11) is -2.30. The lowest BCUT2D eigenvalue weighted by atomic mass is 9.92. The van der Waals surface area contributed by atoms with E-state index in [1.54, 1.807) is 42.4 Å². The molecule has 0 radical (unpaired) electrons. The molecule has 57 heavy (non-hydrogen) atoms. The average molecular weight is 789 g/mol. The van der Waals surface area contributed by atoms with E-state index in [1.807, 2.05) is 78.9 Å². The maximum absolute atomic E-state index is 13.7. The monoisotopic (exact) mass is 788 g/mol. The Morgan fingerprint density at radius 1 is 0.895 bits per heavy atom. The molecule has 296 valence electrons. The molecule has 0 aliphatic carbocycles. The number of fused-ring (bicyclic) bond motifs is 1. The van der Waals surface area contributed by atoms with Crippen molar-refractivity contribution in [2.45, 2.75) is 32.3 Å². The Kier molecular flexibility index (Phi) is 11.9. The molecular formula is C43H49N8O5P. The van der Waals surface area contributed by atoms with Crippen LogP contribution >= 0.6 is 7.14 Å². The van der Waals surface area contributed by atoms with Crippen molar-refractivity contribution < 1.29 is 23.6 Å². The van der Waals surface area contributed by atoms with E-state index in [0.29, 0.717) is 41.9 Å². The number of ether oxygens (including phenoxy) is 3. The van der Waals surface area contributed by atoms with E-state index < -0.39 is 13.2 Å². The molecule has 3 N–H and O–H groups in total. The minimum absolute atomic E-state index is 0.270. The van der Waals surface area contributed by atoms with Crippen LogP contribution in [0.5, 0.6) is 17.4 Å². The third-order valence-corrected chi connectivity index (χ3v) is 10.4. The van der Waals surface area contributed by atoms with Crippen molar-refractivity contribution >= 4 is 47.1 Å². The number of anilines is 4. The van der Waals surface area contributed by atoms with Crippen molar-refractivity contribution in [1.29, 1.82) is 0 Å². The molecule has 1 aliphatic rings. The van der Waals surface area contributed by atoms with Gasteiger partial charge in [0.1, 0.15) is 23.9 Å². The summed E-state index contributed by atoms with van der Waals surface area (Å²) >= 11 is 0. The Bertz CT molecular complexity index is 2400. The molecule has 0 unspecified atom stereocenters. The first-order chi connectivity index (χ1) is 27.4. The standard InChI is InChI=1S/C43H49N8O5P/c1-43(2,3)38-28-39(51(49-38)32-12-8-10-30(26-32)29-57(4,5)53)47-42(52)46-36-16-17-37(35-15-7-6-14-34(35)36)56-40-18-19-44-41(48-40)45-31-11-9-13-33(27-31)55-25-22-50-20-23-54-24-21-50/h6-19,26-28H,20-25,29H2,1-5H3,(H,44,45,48)(H2,46,47,52). The topological polar surface area (TPSA) is 145 Å². The first kappa shape index (κ1) is 39.5. The van der Waals surface area contributed by atoms with Crippen LogP contribution in [0, 0.1) is 0 Å². The summed E-state index contributed by atoms with van der Waals surface area (Å²) in [5.41, 5.74) is 3.63. The molecule has 2 aromatic heterocycles. The fourth-order valence-corrected chi connectivity index (χ4v) is 7.56. The Labute approximate surface area is 333 Å². The van der Waals surface area contributed by atoms with Crippen LogP contribution in [0.25, 0.3) is 16.5 Å². The molecule has 6 aromatic rings. The van der Waals surface area contributed by atoms with Gasteiger partial charge in [-0.3, -0.25) is 10.2 Å². The number of urea groups is 1. The summed E-state index contributed by atoms with van der Waals surface area (Å²) in [4.78, 5) is 25.0. The molecule has 2 amide bonds. The second-order valence-electron chi connectivity index (χ2n) is 15.5. The summed E-state index contributed by atoms with van der Waals surface area (Å²) in [6, 6.07) is 29.9.